The molecule has 0 bridgehead atoms. The van der Waals surface area contributed by atoms with Crippen molar-refractivity contribution in [3.8, 4) is 5.88 Å². The van der Waals surface area contributed by atoms with E-state index < -0.39 is 0 Å². The van der Waals surface area contributed by atoms with E-state index in [1.165, 1.54) is 0 Å². The molecule has 3 atom stereocenters. The standard InChI is InChI=1S/C19H25N3O3/c1-14-11-16(25-21-14)13-22-10-8-19(23-2)7-6-15(12-17(19)22)24-18-5-3-4-9-20-18/h3-5,9,11,15,17H,6-8,10,12-13H2,1-2H3/t15-,17-,19+/m0/s1. The van der Waals surface area contributed by atoms with Crippen molar-refractivity contribution < 1.29 is 14.0 Å². The average molecular weight is 343 g/mol. The van der Waals surface area contributed by atoms with Crippen LogP contribution in [0.3, 0.4) is 0 Å². The molecule has 2 aromatic rings. The molecule has 1 aliphatic carbocycles. The number of pyridine rings is 1. The summed E-state index contributed by atoms with van der Waals surface area (Å²) in [5.74, 6) is 1.62. The second-order valence-electron chi connectivity index (χ2n) is 7.12. The molecule has 1 saturated heterocycles. The van der Waals surface area contributed by atoms with E-state index in [0.29, 0.717) is 11.9 Å². The molecule has 2 aliphatic rings. The first-order valence-electron chi connectivity index (χ1n) is 8.98. The molecule has 1 aliphatic heterocycles. The Kier molecular flexibility index (Phi) is 4.48. The smallest absolute Gasteiger partial charge is 0.213 e. The van der Waals surface area contributed by atoms with Gasteiger partial charge < -0.3 is 14.0 Å². The Labute approximate surface area is 148 Å². The average Bonchev–Trinajstić information content (AvgIpc) is 3.21. The molecule has 2 fully saturated rings. The van der Waals surface area contributed by atoms with Gasteiger partial charge in [0.1, 0.15) is 6.10 Å². The number of aryl methyl sites for hydroxylation is 1. The van der Waals surface area contributed by atoms with Gasteiger partial charge in [-0.3, -0.25) is 4.90 Å². The maximum atomic E-state index is 6.13. The normalized spacial score (nSPS) is 29.5. The van der Waals surface area contributed by atoms with E-state index >= 15 is 0 Å². The molecule has 4 rings (SSSR count). The van der Waals surface area contributed by atoms with Crippen LogP contribution in [0, 0.1) is 6.92 Å². The molecule has 0 amide bonds. The Bertz CT molecular complexity index is 705. The summed E-state index contributed by atoms with van der Waals surface area (Å²) in [7, 11) is 1.84. The number of methoxy groups -OCH3 is 1. The van der Waals surface area contributed by atoms with E-state index in [2.05, 4.69) is 15.0 Å². The van der Waals surface area contributed by atoms with E-state index in [4.69, 9.17) is 14.0 Å². The molecule has 0 aromatic carbocycles. The molecular weight excluding hydrogens is 318 g/mol. The molecule has 6 heteroatoms. The summed E-state index contributed by atoms with van der Waals surface area (Å²) in [6.45, 7) is 3.73. The van der Waals surface area contributed by atoms with Gasteiger partial charge in [0.25, 0.3) is 0 Å². The summed E-state index contributed by atoms with van der Waals surface area (Å²) in [5, 5.41) is 4.01. The maximum Gasteiger partial charge on any atom is 0.213 e. The molecule has 0 radical (unpaired) electrons. The molecule has 0 unspecified atom stereocenters. The zero-order chi connectivity index (χ0) is 17.3. The largest absolute Gasteiger partial charge is 0.474 e. The van der Waals surface area contributed by atoms with E-state index in [-0.39, 0.29) is 11.7 Å². The van der Waals surface area contributed by atoms with Gasteiger partial charge in [-0.1, -0.05) is 11.2 Å². The van der Waals surface area contributed by atoms with Crippen molar-refractivity contribution >= 4 is 0 Å². The van der Waals surface area contributed by atoms with Crippen LogP contribution in [-0.4, -0.2) is 46.4 Å². The van der Waals surface area contributed by atoms with E-state index in [9.17, 15) is 0 Å². The second kappa shape index (κ2) is 6.77. The topological polar surface area (TPSA) is 60.6 Å². The van der Waals surface area contributed by atoms with Crippen LogP contribution in [0.15, 0.2) is 35.0 Å². The van der Waals surface area contributed by atoms with Crippen LogP contribution in [0.1, 0.15) is 37.1 Å². The molecule has 6 nitrogen and oxygen atoms in total. The zero-order valence-corrected chi connectivity index (χ0v) is 14.9. The molecule has 2 aromatic heterocycles. The minimum atomic E-state index is -0.0704. The first-order chi connectivity index (χ1) is 12.2. The van der Waals surface area contributed by atoms with E-state index in [0.717, 1.165) is 50.2 Å². The highest BCUT2D eigenvalue weighted by Crippen LogP contribution is 2.43. The van der Waals surface area contributed by atoms with E-state index in [1.807, 2.05) is 38.3 Å². The lowest BCUT2D eigenvalue weighted by Gasteiger charge is -2.43. The van der Waals surface area contributed by atoms with Crippen LogP contribution >= 0.6 is 0 Å². The van der Waals surface area contributed by atoms with Gasteiger partial charge in [-0.15, -0.1) is 0 Å². The summed E-state index contributed by atoms with van der Waals surface area (Å²) >= 11 is 0. The van der Waals surface area contributed by atoms with Crippen LogP contribution in [-0.2, 0) is 11.3 Å². The van der Waals surface area contributed by atoms with Gasteiger partial charge in [0.05, 0.1) is 17.8 Å². The predicted octanol–water partition coefficient (Wildman–Crippen LogP) is 2.97. The molecule has 1 saturated carbocycles. The fourth-order valence-electron chi connectivity index (χ4n) is 4.33. The van der Waals surface area contributed by atoms with Crippen molar-refractivity contribution in [2.24, 2.45) is 0 Å². The van der Waals surface area contributed by atoms with Gasteiger partial charge in [0.15, 0.2) is 5.76 Å². The van der Waals surface area contributed by atoms with Crippen LogP contribution in [0.25, 0.3) is 0 Å². The summed E-state index contributed by atoms with van der Waals surface area (Å²) < 4.78 is 17.6. The van der Waals surface area contributed by atoms with Crippen LogP contribution in [0.2, 0.25) is 0 Å². The number of hydrogen-bond donors (Lipinski definition) is 0. The summed E-state index contributed by atoms with van der Waals surface area (Å²) in [4.78, 5) is 6.75. The van der Waals surface area contributed by atoms with Gasteiger partial charge in [0, 0.05) is 44.4 Å². The summed E-state index contributed by atoms with van der Waals surface area (Å²) in [6.07, 6.45) is 5.94. The Hall–Kier alpha value is -1.92. The SMILES string of the molecule is CO[C@@]12CC[C@H](Oc3ccccn3)C[C@@H]1N(Cc1cc(C)no1)CC2. The highest BCUT2D eigenvalue weighted by Gasteiger charge is 2.51. The van der Waals surface area contributed by atoms with Gasteiger partial charge in [0.2, 0.25) is 5.88 Å². The van der Waals surface area contributed by atoms with E-state index in [1.54, 1.807) is 6.20 Å². The molecule has 0 spiro atoms. The second-order valence-corrected chi connectivity index (χ2v) is 7.12. The van der Waals surface area contributed by atoms with Gasteiger partial charge in [-0.05, 0) is 32.3 Å². The van der Waals surface area contributed by atoms with Gasteiger partial charge in [-0.25, -0.2) is 4.98 Å². The number of ether oxygens (including phenoxy) is 2. The van der Waals surface area contributed by atoms with Crippen molar-refractivity contribution in [3.63, 3.8) is 0 Å². The third-order valence-corrected chi connectivity index (χ3v) is 5.61. The molecule has 3 heterocycles. The summed E-state index contributed by atoms with van der Waals surface area (Å²) in [5.41, 5.74) is 0.853. The number of rotatable bonds is 5. The van der Waals surface area contributed by atoms with Crippen molar-refractivity contribution in [1.82, 2.24) is 15.0 Å². The monoisotopic (exact) mass is 343 g/mol. The van der Waals surface area contributed by atoms with Gasteiger partial charge in [-0.2, -0.15) is 0 Å². The minimum absolute atomic E-state index is 0.0704. The molecule has 0 N–H and O–H groups in total. The minimum Gasteiger partial charge on any atom is -0.474 e. The number of fused-ring (bicyclic) bond motifs is 1. The lowest BCUT2D eigenvalue weighted by Crippen LogP contribution is -2.52. The fourth-order valence-corrected chi connectivity index (χ4v) is 4.33. The third kappa shape index (κ3) is 3.28. The molecular formula is C19H25N3O3. The van der Waals surface area contributed by atoms with Crippen LogP contribution in [0.4, 0.5) is 0 Å². The molecule has 25 heavy (non-hydrogen) atoms. The van der Waals surface area contributed by atoms with Crippen LogP contribution < -0.4 is 4.74 Å². The Balaban J connectivity index is 1.48. The zero-order valence-electron chi connectivity index (χ0n) is 14.9. The Morgan fingerprint density at radius 3 is 3.00 bits per heavy atom. The maximum absolute atomic E-state index is 6.13. The number of nitrogens with zero attached hydrogens (tertiary/aromatic N) is 3. The number of aromatic nitrogens is 2. The first-order valence-corrected chi connectivity index (χ1v) is 8.98. The quantitative estimate of drug-likeness (QED) is 0.832. The number of likely N-dealkylation sites (tertiary alicyclic amines) is 1. The summed E-state index contributed by atoms with van der Waals surface area (Å²) in [6, 6.07) is 8.12. The predicted molar refractivity (Wildman–Crippen MR) is 92.3 cm³/mol. The van der Waals surface area contributed by atoms with Crippen molar-refractivity contribution in [2.45, 2.75) is 56.9 Å². The lowest BCUT2D eigenvalue weighted by molar-refractivity contribution is -0.0850. The number of hydrogen-bond acceptors (Lipinski definition) is 6. The first kappa shape index (κ1) is 16.5. The van der Waals surface area contributed by atoms with Crippen molar-refractivity contribution in [1.29, 1.82) is 0 Å². The molecule has 134 valence electrons. The third-order valence-electron chi connectivity index (χ3n) is 5.61. The van der Waals surface area contributed by atoms with Crippen molar-refractivity contribution in [2.75, 3.05) is 13.7 Å². The van der Waals surface area contributed by atoms with Crippen molar-refractivity contribution in [3.05, 3.63) is 41.9 Å². The highest BCUT2D eigenvalue weighted by atomic mass is 16.5. The Morgan fingerprint density at radius 2 is 2.28 bits per heavy atom. The lowest BCUT2D eigenvalue weighted by atomic mass is 9.79. The highest BCUT2D eigenvalue weighted by molar-refractivity contribution is 5.12. The fraction of sp³-hybridized carbons (Fsp3) is 0.579. The Morgan fingerprint density at radius 1 is 1.36 bits per heavy atom. The van der Waals surface area contributed by atoms with Gasteiger partial charge >= 0.3 is 0 Å². The van der Waals surface area contributed by atoms with Crippen LogP contribution in [0.5, 0.6) is 5.88 Å².